The number of rotatable bonds is 2. The van der Waals surface area contributed by atoms with Crippen LogP contribution in [0, 0.1) is 0 Å². The third-order valence-electron chi connectivity index (χ3n) is 7.46. The van der Waals surface area contributed by atoms with Crippen LogP contribution in [0.5, 0.6) is 0 Å². The summed E-state index contributed by atoms with van der Waals surface area (Å²) in [5.74, 6) is 0.332. The van der Waals surface area contributed by atoms with E-state index in [1.165, 1.54) is 16.9 Å². The van der Waals surface area contributed by atoms with Gasteiger partial charge in [-0.05, 0) is 47.4 Å². The molecule has 2 unspecified atom stereocenters. The summed E-state index contributed by atoms with van der Waals surface area (Å²) in [6.45, 7) is 0. The summed E-state index contributed by atoms with van der Waals surface area (Å²) >= 11 is 3.77. The molecule has 4 aromatic rings. The maximum absolute atomic E-state index is 12.7. The maximum Gasteiger partial charge on any atom is 0.144 e. The van der Waals surface area contributed by atoms with Crippen LogP contribution >= 0.6 is 15.9 Å². The summed E-state index contributed by atoms with van der Waals surface area (Å²) in [6.07, 6.45) is 7.61. The number of anilines is 2. The molecule has 34 heavy (non-hydrogen) atoms. The van der Waals surface area contributed by atoms with Crippen LogP contribution in [0.2, 0.25) is 0 Å². The van der Waals surface area contributed by atoms with Crippen LogP contribution in [0.1, 0.15) is 34.6 Å². The number of para-hydroxylation sites is 2. The van der Waals surface area contributed by atoms with Crippen LogP contribution in [0.3, 0.4) is 0 Å². The van der Waals surface area contributed by atoms with E-state index in [9.17, 15) is 5.11 Å². The molecule has 1 heterocycles. The van der Waals surface area contributed by atoms with Crippen LogP contribution < -0.4 is 4.90 Å². The normalized spacial score (nSPS) is 21.5. The number of hydrogen-bond donors (Lipinski definition) is 1. The van der Waals surface area contributed by atoms with Crippen LogP contribution in [-0.4, -0.2) is 5.11 Å². The summed E-state index contributed by atoms with van der Waals surface area (Å²) in [5, 5.41) is 12.7. The molecule has 3 heteroatoms. The van der Waals surface area contributed by atoms with Gasteiger partial charge in [0.05, 0.1) is 5.69 Å². The van der Waals surface area contributed by atoms with Crippen molar-refractivity contribution in [2.45, 2.75) is 17.9 Å². The fourth-order valence-electron chi connectivity index (χ4n) is 6.07. The molecule has 1 aliphatic heterocycles. The van der Waals surface area contributed by atoms with E-state index >= 15 is 0 Å². The van der Waals surface area contributed by atoms with E-state index < -0.39 is 5.60 Å². The van der Waals surface area contributed by atoms with Gasteiger partial charge in [-0.25, -0.2) is 0 Å². The maximum atomic E-state index is 12.7. The third kappa shape index (κ3) is 2.54. The molecule has 0 saturated heterocycles. The SMILES string of the molecule is OC1(c2ccccc2N2C3=CC=CCC3c3ccccc32)c2ccccc2-c2cccc(Br)c21. The van der Waals surface area contributed by atoms with Gasteiger partial charge in [0.1, 0.15) is 5.60 Å². The Morgan fingerprint density at radius 3 is 2.35 bits per heavy atom. The third-order valence-corrected chi connectivity index (χ3v) is 8.12. The predicted octanol–water partition coefficient (Wildman–Crippen LogP) is 7.79. The smallest absolute Gasteiger partial charge is 0.144 e. The van der Waals surface area contributed by atoms with Crippen molar-refractivity contribution < 1.29 is 5.11 Å². The minimum absolute atomic E-state index is 0.332. The lowest BCUT2D eigenvalue weighted by Gasteiger charge is -2.34. The summed E-state index contributed by atoms with van der Waals surface area (Å²) in [7, 11) is 0. The lowest BCUT2D eigenvalue weighted by Crippen LogP contribution is -2.29. The Hall–Kier alpha value is -3.40. The van der Waals surface area contributed by atoms with Gasteiger partial charge in [0, 0.05) is 38.5 Å². The average Bonchev–Trinajstić information content (AvgIpc) is 3.36. The Morgan fingerprint density at radius 1 is 0.765 bits per heavy atom. The van der Waals surface area contributed by atoms with Crippen molar-refractivity contribution in [1.29, 1.82) is 0 Å². The van der Waals surface area contributed by atoms with Crippen LogP contribution in [-0.2, 0) is 5.60 Å². The summed E-state index contributed by atoms with van der Waals surface area (Å²) < 4.78 is 0.915. The number of halogens is 1. The number of aliphatic hydroxyl groups is 1. The molecule has 0 saturated carbocycles. The average molecular weight is 504 g/mol. The van der Waals surface area contributed by atoms with Gasteiger partial charge in [-0.1, -0.05) is 101 Å². The first-order chi connectivity index (χ1) is 16.7. The monoisotopic (exact) mass is 503 g/mol. The second-order valence-electron chi connectivity index (χ2n) is 9.14. The molecule has 0 spiro atoms. The molecule has 3 aliphatic rings. The van der Waals surface area contributed by atoms with Crippen molar-refractivity contribution in [3.8, 4) is 11.1 Å². The number of nitrogens with zero attached hydrogens (tertiary/aromatic N) is 1. The zero-order valence-corrected chi connectivity index (χ0v) is 20.0. The van der Waals surface area contributed by atoms with Gasteiger partial charge in [-0.15, -0.1) is 0 Å². The fourth-order valence-corrected chi connectivity index (χ4v) is 6.72. The molecular weight excluding hydrogens is 482 g/mol. The molecule has 2 nitrogen and oxygen atoms in total. The van der Waals surface area contributed by atoms with E-state index in [4.69, 9.17) is 0 Å². The molecule has 0 radical (unpaired) electrons. The quantitative estimate of drug-likeness (QED) is 0.301. The van der Waals surface area contributed by atoms with Crippen molar-refractivity contribution in [2.75, 3.05) is 4.90 Å². The first-order valence-corrected chi connectivity index (χ1v) is 12.5. The first-order valence-electron chi connectivity index (χ1n) is 11.7. The Kier molecular flexibility index (Phi) is 4.30. The van der Waals surface area contributed by atoms with Crippen LogP contribution in [0.4, 0.5) is 11.4 Å². The molecule has 0 bridgehead atoms. The highest BCUT2D eigenvalue weighted by Gasteiger charge is 2.47. The van der Waals surface area contributed by atoms with Gasteiger partial charge in [0.25, 0.3) is 0 Å². The van der Waals surface area contributed by atoms with Crippen molar-refractivity contribution >= 4 is 27.3 Å². The Labute approximate surface area is 207 Å². The number of allylic oxidation sites excluding steroid dienone is 4. The molecular formula is C31H22BrNO. The number of fused-ring (bicyclic) bond motifs is 6. The summed E-state index contributed by atoms with van der Waals surface area (Å²) in [6, 6.07) is 31.4. The lowest BCUT2D eigenvalue weighted by atomic mass is 9.83. The molecule has 0 amide bonds. The molecule has 7 rings (SSSR count). The van der Waals surface area contributed by atoms with Crippen molar-refractivity contribution in [2.24, 2.45) is 0 Å². The Morgan fingerprint density at radius 2 is 1.47 bits per heavy atom. The van der Waals surface area contributed by atoms with Crippen LogP contribution in [0.25, 0.3) is 11.1 Å². The van der Waals surface area contributed by atoms with E-state index in [2.05, 4.69) is 99.7 Å². The molecule has 2 atom stereocenters. The summed E-state index contributed by atoms with van der Waals surface area (Å²) in [4.78, 5) is 2.36. The van der Waals surface area contributed by atoms with Gasteiger partial charge in [0.15, 0.2) is 0 Å². The lowest BCUT2D eigenvalue weighted by molar-refractivity contribution is 0.130. The summed E-state index contributed by atoms with van der Waals surface area (Å²) in [5.41, 5.74) is 8.40. The van der Waals surface area contributed by atoms with E-state index in [0.717, 1.165) is 44.4 Å². The Bertz CT molecular complexity index is 1530. The van der Waals surface area contributed by atoms with Crippen molar-refractivity contribution in [3.05, 3.63) is 142 Å². The van der Waals surface area contributed by atoms with E-state index in [1.807, 2.05) is 30.3 Å². The van der Waals surface area contributed by atoms with Gasteiger partial charge in [-0.2, -0.15) is 0 Å². The van der Waals surface area contributed by atoms with E-state index in [0.29, 0.717) is 5.92 Å². The Balaban J connectivity index is 1.53. The molecule has 0 aromatic heterocycles. The van der Waals surface area contributed by atoms with Gasteiger partial charge in [-0.3, -0.25) is 0 Å². The standard InChI is InChI=1S/C31H22BrNO/c32-26-16-9-13-23-20-10-1-4-14-24(20)31(34,30(23)26)25-15-5-8-19-29(25)33-27-17-6-2-11-21(27)22-12-3-7-18-28(22)33/h1-11,13-19,22,34H,12H2. The van der Waals surface area contributed by atoms with E-state index in [-0.39, 0.29) is 0 Å². The number of hydrogen-bond acceptors (Lipinski definition) is 2. The van der Waals surface area contributed by atoms with Gasteiger partial charge in [0.2, 0.25) is 0 Å². The second-order valence-corrected chi connectivity index (χ2v) is 9.99. The molecule has 164 valence electrons. The largest absolute Gasteiger partial charge is 0.376 e. The second kappa shape index (κ2) is 7.30. The predicted molar refractivity (Wildman–Crippen MR) is 141 cm³/mol. The molecule has 4 aromatic carbocycles. The van der Waals surface area contributed by atoms with Gasteiger partial charge >= 0.3 is 0 Å². The van der Waals surface area contributed by atoms with Crippen molar-refractivity contribution in [1.82, 2.24) is 0 Å². The highest BCUT2D eigenvalue weighted by atomic mass is 79.9. The minimum Gasteiger partial charge on any atom is -0.376 e. The minimum atomic E-state index is -1.28. The number of benzene rings is 4. The highest BCUT2D eigenvalue weighted by molar-refractivity contribution is 9.10. The molecule has 1 N–H and O–H groups in total. The van der Waals surface area contributed by atoms with Crippen LogP contribution in [0.15, 0.2) is 119 Å². The first kappa shape index (κ1) is 20.0. The fraction of sp³-hybridized carbons (Fsp3) is 0.0968. The van der Waals surface area contributed by atoms with Gasteiger partial charge < -0.3 is 10.0 Å². The topological polar surface area (TPSA) is 23.5 Å². The molecule has 0 fully saturated rings. The highest BCUT2D eigenvalue weighted by Crippen LogP contribution is 2.57. The van der Waals surface area contributed by atoms with Crippen molar-refractivity contribution in [3.63, 3.8) is 0 Å². The zero-order chi connectivity index (χ0) is 22.9. The van der Waals surface area contributed by atoms with E-state index in [1.54, 1.807) is 0 Å². The zero-order valence-electron chi connectivity index (χ0n) is 18.4. The molecule has 2 aliphatic carbocycles.